The number of piperidine rings is 1. The van der Waals surface area contributed by atoms with Crippen LogP contribution in [0.4, 0.5) is 6.01 Å². The maximum atomic E-state index is 11.0. The van der Waals surface area contributed by atoms with Crippen molar-refractivity contribution in [1.82, 2.24) is 4.98 Å². The average Bonchev–Trinajstić information content (AvgIpc) is 2.89. The topological polar surface area (TPSA) is 66.6 Å². The number of carbonyl (C=O) groups is 1. The Labute approximate surface area is 117 Å². The number of oxazole rings is 1. The molecule has 2 heterocycles. The normalized spacial score (nSPS) is 19.4. The third kappa shape index (κ3) is 2.24. The molecule has 5 heteroatoms. The van der Waals surface area contributed by atoms with E-state index in [-0.39, 0.29) is 5.56 Å². The SMILES string of the molecule is CCC1CCCCN1c1nc2ccc(C(=O)O)cc2o1. The molecule has 5 nitrogen and oxygen atoms in total. The number of anilines is 1. The Balaban J connectivity index is 1.97. The molecule has 1 aromatic heterocycles. The van der Waals surface area contributed by atoms with Gasteiger partial charge in [0.1, 0.15) is 5.52 Å². The molecular formula is C15H18N2O3. The smallest absolute Gasteiger partial charge is 0.335 e. The highest BCUT2D eigenvalue weighted by atomic mass is 16.4. The van der Waals surface area contributed by atoms with Gasteiger partial charge in [-0.05, 0) is 43.9 Å². The molecule has 1 aliphatic heterocycles. The highest BCUT2D eigenvalue weighted by Gasteiger charge is 2.25. The predicted octanol–water partition coefficient (Wildman–Crippen LogP) is 3.29. The summed E-state index contributed by atoms with van der Waals surface area (Å²) in [5.74, 6) is -0.950. The summed E-state index contributed by atoms with van der Waals surface area (Å²) in [5.41, 5.74) is 1.48. The van der Waals surface area contributed by atoms with E-state index in [0.29, 0.717) is 23.2 Å². The van der Waals surface area contributed by atoms with Gasteiger partial charge in [0.15, 0.2) is 5.58 Å². The molecule has 1 fully saturated rings. The molecular weight excluding hydrogens is 256 g/mol. The van der Waals surface area contributed by atoms with Crippen molar-refractivity contribution in [2.24, 2.45) is 0 Å². The number of rotatable bonds is 3. The van der Waals surface area contributed by atoms with Gasteiger partial charge >= 0.3 is 5.97 Å². The third-order valence-corrected chi connectivity index (χ3v) is 3.97. The second-order valence-electron chi connectivity index (χ2n) is 5.24. The lowest BCUT2D eigenvalue weighted by molar-refractivity contribution is 0.0697. The molecule has 1 saturated heterocycles. The number of hydrogen-bond donors (Lipinski definition) is 1. The van der Waals surface area contributed by atoms with Crippen LogP contribution in [0.5, 0.6) is 0 Å². The Bertz CT molecular complexity index is 635. The zero-order chi connectivity index (χ0) is 14.1. The fourth-order valence-electron chi connectivity index (χ4n) is 2.85. The highest BCUT2D eigenvalue weighted by molar-refractivity contribution is 5.92. The average molecular weight is 274 g/mol. The molecule has 2 aromatic rings. The fourth-order valence-corrected chi connectivity index (χ4v) is 2.85. The van der Waals surface area contributed by atoms with Crippen LogP contribution >= 0.6 is 0 Å². The Hall–Kier alpha value is -2.04. The maximum absolute atomic E-state index is 11.0. The van der Waals surface area contributed by atoms with E-state index in [1.54, 1.807) is 18.2 Å². The van der Waals surface area contributed by atoms with Gasteiger partial charge in [-0.15, -0.1) is 0 Å². The quantitative estimate of drug-likeness (QED) is 0.930. The molecule has 1 aromatic carbocycles. The molecule has 1 unspecified atom stereocenters. The largest absolute Gasteiger partial charge is 0.478 e. The molecule has 20 heavy (non-hydrogen) atoms. The van der Waals surface area contributed by atoms with Crippen molar-refractivity contribution >= 4 is 23.1 Å². The van der Waals surface area contributed by atoms with E-state index in [1.165, 1.54) is 6.42 Å². The molecule has 1 atom stereocenters. The zero-order valence-electron chi connectivity index (χ0n) is 11.5. The van der Waals surface area contributed by atoms with Gasteiger partial charge in [-0.1, -0.05) is 6.92 Å². The lowest BCUT2D eigenvalue weighted by atomic mass is 10.0. The van der Waals surface area contributed by atoms with Crippen molar-refractivity contribution in [3.8, 4) is 0 Å². The van der Waals surface area contributed by atoms with Crippen molar-refractivity contribution in [2.75, 3.05) is 11.4 Å². The van der Waals surface area contributed by atoms with Gasteiger partial charge in [0.2, 0.25) is 0 Å². The van der Waals surface area contributed by atoms with Gasteiger partial charge in [0.25, 0.3) is 6.01 Å². The van der Waals surface area contributed by atoms with Crippen molar-refractivity contribution in [1.29, 1.82) is 0 Å². The molecule has 1 N–H and O–H groups in total. The lowest BCUT2D eigenvalue weighted by Gasteiger charge is -2.33. The van der Waals surface area contributed by atoms with Crippen molar-refractivity contribution in [3.63, 3.8) is 0 Å². The molecule has 0 bridgehead atoms. The molecule has 0 aliphatic carbocycles. The van der Waals surface area contributed by atoms with Crippen molar-refractivity contribution < 1.29 is 14.3 Å². The number of hydrogen-bond acceptors (Lipinski definition) is 4. The van der Waals surface area contributed by atoms with Crippen LogP contribution in [-0.4, -0.2) is 28.6 Å². The first-order chi connectivity index (χ1) is 9.69. The summed E-state index contributed by atoms with van der Waals surface area (Å²) < 4.78 is 5.78. The molecule has 0 spiro atoms. The van der Waals surface area contributed by atoms with Crippen LogP contribution in [-0.2, 0) is 0 Å². The molecule has 1 aliphatic rings. The summed E-state index contributed by atoms with van der Waals surface area (Å²) in [6.45, 7) is 3.13. The van der Waals surface area contributed by atoms with E-state index >= 15 is 0 Å². The Morgan fingerprint density at radius 2 is 2.35 bits per heavy atom. The summed E-state index contributed by atoms with van der Waals surface area (Å²) in [7, 11) is 0. The number of aromatic nitrogens is 1. The van der Waals surface area contributed by atoms with Crippen LogP contribution in [0.2, 0.25) is 0 Å². The summed E-state index contributed by atoms with van der Waals surface area (Å²) in [4.78, 5) is 17.7. The number of carboxylic acid groups (broad SMARTS) is 1. The van der Waals surface area contributed by atoms with Crippen LogP contribution in [0.1, 0.15) is 43.0 Å². The Morgan fingerprint density at radius 3 is 3.10 bits per heavy atom. The van der Waals surface area contributed by atoms with E-state index < -0.39 is 5.97 Å². The lowest BCUT2D eigenvalue weighted by Crippen LogP contribution is -2.39. The van der Waals surface area contributed by atoms with E-state index in [4.69, 9.17) is 9.52 Å². The standard InChI is InChI=1S/C15H18N2O3/c1-2-11-5-3-4-8-17(11)15-16-12-7-6-10(14(18)19)9-13(12)20-15/h6-7,9,11H,2-5,8H2,1H3,(H,18,19). The number of carboxylic acids is 1. The minimum atomic E-state index is -0.950. The summed E-state index contributed by atoms with van der Waals surface area (Å²) >= 11 is 0. The Kier molecular flexibility index (Phi) is 3.34. The van der Waals surface area contributed by atoms with Gasteiger partial charge in [-0.2, -0.15) is 4.98 Å². The molecule has 0 amide bonds. The van der Waals surface area contributed by atoms with Crippen LogP contribution in [0, 0.1) is 0 Å². The summed E-state index contributed by atoms with van der Waals surface area (Å²) in [5, 5.41) is 9.01. The number of fused-ring (bicyclic) bond motifs is 1. The number of aromatic carboxylic acids is 1. The minimum Gasteiger partial charge on any atom is -0.478 e. The maximum Gasteiger partial charge on any atom is 0.335 e. The zero-order valence-corrected chi connectivity index (χ0v) is 11.5. The first-order valence-corrected chi connectivity index (χ1v) is 7.09. The van der Waals surface area contributed by atoms with Gasteiger partial charge in [0.05, 0.1) is 5.56 Å². The first-order valence-electron chi connectivity index (χ1n) is 7.09. The van der Waals surface area contributed by atoms with Crippen molar-refractivity contribution in [2.45, 2.75) is 38.6 Å². The van der Waals surface area contributed by atoms with Gasteiger partial charge in [0, 0.05) is 12.6 Å². The fraction of sp³-hybridized carbons (Fsp3) is 0.467. The second-order valence-corrected chi connectivity index (χ2v) is 5.24. The van der Waals surface area contributed by atoms with E-state index in [1.807, 2.05) is 0 Å². The summed E-state index contributed by atoms with van der Waals surface area (Å²) in [6, 6.07) is 5.89. The van der Waals surface area contributed by atoms with Gasteiger partial charge in [-0.25, -0.2) is 4.79 Å². The van der Waals surface area contributed by atoms with Crippen molar-refractivity contribution in [3.05, 3.63) is 23.8 Å². The molecule has 3 rings (SSSR count). The molecule has 0 saturated carbocycles. The van der Waals surface area contributed by atoms with Crippen LogP contribution in [0.3, 0.4) is 0 Å². The van der Waals surface area contributed by atoms with Gasteiger partial charge in [-0.3, -0.25) is 0 Å². The van der Waals surface area contributed by atoms with Crippen LogP contribution < -0.4 is 4.90 Å². The van der Waals surface area contributed by atoms with E-state index in [0.717, 1.165) is 25.8 Å². The first kappa shape index (κ1) is 13.0. The minimum absolute atomic E-state index is 0.228. The van der Waals surface area contributed by atoms with Crippen LogP contribution in [0.15, 0.2) is 22.6 Å². The van der Waals surface area contributed by atoms with Gasteiger partial charge < -0.3 is 14.4 Å². The second kappa shape index (κ2) is 5.15. The predicted molar refractivity (Wildman–Crippen MR) is 76.2 cm³/mol. The van der Waals surface area contributed by atoms with E-state index in [9.17, 15) is 4.79 Å². The highest BCUT2D eigenvalue weighted by Crippen LogP contribution is 2.29. The summed E-state index contributed by atoms with van der Waals surface area (Å²) in [6.07, 6.45) is 4.63. The molecule has 106 valence electrons. The number of nitrogens with zero attached hydrogens (tertiary/aromatic N) is 2. The van der Waals surface area contributed by atoms with Crippen LogP contribution in [0.25, 0.3) is 11.1 Å². The molecule has 0 radical (unpaired) electrons. The Morgan fingerprint density at radius 1 is 1.50 bits per heavy atom. The third-order valence-electron chi connectivity index (χ3n) is 3.97. The monoisotopic (exact) mass is 274 g/mol. The van der Waals surface area contributed by atoms with E-state index in [2.05, 4.69) is 16.8 Å². The number of benzene rings is 1.